The zero-order valence-corrected chi connectivity index (χ0v) is 18.4. The van der Waals surface area contributed by atoms with Crippen molar-refractivity contribution in [2.45, 2.75) is 6.42 Å². The van der Waals surface area contributed by atoms with Crippen molar-refractivity contribution in [3.8, 4) is 5.82 Å². The van der Waals surface area contributed by atoms with Crippen LogP contribution in [0.4, 0.5) is 22.9 Å². The molecule has 0 saturated heterocycles. The smallest absolute Gasteiger partial charge is 0.436 e. The summed E-state index contributed by atoms with van der Waals surface area (Å²) < 4.78 is 1.88. The van der Waals surface area contributed by atoms with Crippen molar-refractivity contribution >= 4 is 29.1 Å². The molecule has 0 aliphatic carbocycles. The molecular formula is C24H19N5Pt. The summed E-state index contributed by atoms with van der Waals surface area (Å²) in [7, 11) is 0. The SMILES string of the molecule is [Pt+2].[c-]1c(N2CCC=N2)cccc1N(c1ccccc1)c1cccc(-n2[c-]ccc2)n1. The van der Waals surface area contributed by atoms with Gasteiger partial charge in [-0.1, -0.05) is 47.9 Å². The van der Waals surface area contributed by atoms with Crippen LogP contribution in [0.3, 0.4) is 0 Å². The standard InChI is InChI=1S/C24H19N5.Pt/c1-2-9-20(10-3-1)29(22-12-6-11-21(19-22)28-18-8-15-25-28)24-14-7-13-23(26-24)27-16-4-5-17-27;/h1-7,9-16H,8,18H2;/q-2;+2. The summed E-state index contributed by atoms with van der Waals surface area (Å²) >= 11 is 0. The van der Waals surface area contributed by atoms with Crippen molar-refractivity contribution in [2.24, 2.45) is 5.10 Å². The van der Waals surface area contributed by atoms with E-state index in [1.165, 1.54) is 0 Å². The molecule has 0 N–H and O–H groups in total. The Morgan fingerprint density at radius 2 is 1.77 bits per heavy atom. The van der Waals surface area contributed by atoms with Crippen LogP contribution in [0, 0.1) is 12.3 Å². The minimum atomic E-state index is 0. The van der Waals surface area contributed by atoms with Crippen molar-refractivity contribution in [3.63, 3.8) is 0 Å². The normalized spacial score (nSPS) is 12.6. The molecule has 0 fully saturated rings. The average Bonchev–Trinajstić information content (AvgIpc) is 3.50. The van der Waals surface area contributed by atoms with E-state index in [0.717, 1.165) is 41.7 Å². The third-order valence-electron chi connectivity index (χ3n) is 4.73. The van der Waals surface area contributed by atoms with E-state index in [1.54, 1.807) is 0 Å². The van der Waals surface area contributed by atoms with E-state index in [4.69, 9.17) is 4.98 Å². The fourth-order valence-electron chi connectivity index (χ4n) is 3.38. The molecule has 1 aliphatic heterocycles. The maximum Gasteiger partial charge on any atom is 2.00 e. The summed E-state index contributed by atoms with van der Waals surface area (Å²) in [5.74, 6) is 1.63. The second kappa shape index (κ2) is 9.10. The van der Waals surface area contributed by atoms with Crippen molar-refractivity contribution in [1.82, 2.24) is 9.55 Å². The van der Waals surface area contributed by atoms with E-state index in [2.05, 4.69) is 34.4 Å². The first-order valence-electron chi connectivity index (χ1n) is 9.58. The number of rotatable bonds is 5. The summed E-state index contributed by atoms with van der Waals surface area (Å²) in [5.41, 5.74) is 2.89. The zero-order chi connectivity index (χ0) is 19.5. The van der Waals surface area contributed by atoms with Gasteiger partial charge in [0.1, 0.15) is 5.82 Å². The molecule has 0 spiro atoms. The second-order valence-electron chi connectivity index (χ2n) is 6.66. The van der Waals surface area contributed by atoms with Crippen LogP contribution in [0.25, 0.3) is 5.82 Å². The molecule has 0 radical (unpaired) electrons. The van der Waals surface area contributed by atoms with Crippen LogP contribution in [0.1, 0.15) is 6.42 Å². The number of benzene rings is 2. The topological polar surface area (TPSA) is 36.7 Å². The van der Waals surface area contributed by atoms with Gasteiger partial charge in [-0.25, -0.2) is 0 Å². The third kappa shape index (κ3) is 4.07. The largest absolute Gasteiger partial charge is 2.00 e. The minimum absolute atomic E-state index is 0. The summed E-state index contributed by atoms with van der Waals surface area (Å²) in [6, 6.07) is 29.7. The van der Waals surface area contributed by atoms with E-state index in [9.17, 15) is 0 Å². The van der Waals surface area contributed by atoms with Crippen molar-refractivity contribution in [2.75, 3.05) is 16.5 Å². The van der Waals surface area contributed by atoms with Crippen molar-refractivity contribution in [3.05, 3.63) is 97.3 Å². The molecule has 5 rings (SSSR count). The fourth-order valence-corrected chi connectivity index (χ4v) is 3.38. The first kappa shape index (κ1) is 20.1. The predicted octanol–water partition coefficient (Wildman–Crippen LogP) is 5.14. The van der Waals surface area contributed by atoms with Crippen LogP contribution in [0.2, 0.25) is 0 Å². The van der Waals surface area contributed by atoms with E-state index in [1.807, 2.05) is 88.7 Å². The molecule has 2 aromatic carbocycles. The van der Waals surface area contributed by atoms with Gasteiger partial charge in [0, 0.05) is 24.9 Å². The minimum Gasteiger partial charge on any atom is -0.436 e. The fraction of sp³-hybridized carbons (Fsp3) is 0.0833. The molecule has 30 heavy (non-hydrogen) atoms. The summed E-state index contributed by atoms with van der Waals surface area (Å²) in [6.45, 7) is 0.877. The van der Waals surface area contributed by atoms with Gasteiger partial charge in [0.15, 0.2) is 0 Å². The molecule has 0 unspecified atom stereocenters. The molecule has 0 amide bonds. The Labute approximate surface area is 190 Å². The van der Waals surface area contributed by atoms with Gasteiger partial charge in [-0.05, 0) is 18.2 Å². The average molecular weight is 573 g/mol. The van der Waals surface area contributed by atoms with E-state index >= 15 is 0 Å². The molecule has 4 aromatic rings. The van der Waals surface area contributed by atoms with E-state index in [0.29, 0.717) is 0 Å². The van der Waals surface area contributed by atoms with Gasteiger partial charge in [-0.2, -0.15) is 17.2 Å². The quantitative estimate of drug-likeness (QED) is 0.311. The van der Waals surface area contributed by atoms with Crippen LogP contribution in [0.15, 0.2) is 90.2 Å². The van der Waals surface area contributed by atoms with Gasteiger partial charge in [-0.3, -0.25) is 9.99 Å². The number of aromatic nitrogens is 2. The Balaban J connectivity index is 0.00000218. The third-order valence-corrected chi connectivity index (χ3v) is 4.73. The number of hydrogen-bond acceptors (Lipinski definition) is 4. The van der Waals surface area contributed by atoms with E-state index in [-0.39, 0.29) is 21.1 Å². The molecule has 5 nitrogen and oxygen atoms in total. The first-order chi connectivity index (χ1) is 14.4. The van der Waals surface area contributed by atoms with Crippen LogP contribution in [-0.2, 0) is 21.1 Å². The van der Waals surface area contributed by atoms with Gasteiger partial charge in [0.2, 0.25) is 0 Å². The van der Waals surface area contributed by atoms with Gasteiger partial charge >= 0.3 is 21.1 Å². The maximum atomic E-state index is 4.89. The van der Waals surface area contributed by atoms with Crippen LogP contribution >= 0.6 is 0 Å². The van der Waals surface area contributed by atoms with Gasteiger partial charge in [0.25, 0.3) is 0 Å². The van der Waals surface area contributed by atoms with Crippen LogP contribution in [-0.4, -0.2) is 22.3 Å². The first-order valence-corrected chi connectivity index (χ1v) is 9.58. The Morgan fingerprint density at radius 1 is 0.900 bits per heavy atom. The van der Waals surface area contributed by atoms with Crippen LogP contribution < -0.4 is 9.91 Å². The number of hydrazone groups is 1. The van der Waals surface area contributed by atoms with Gasteiger partial charge in [-0.15, -0.1) is 30.5 Å². The monoisotopic (exact) mass is 572 g/mol. The Kier molecular flexibility index (Phi) is 6.10. The molecule has 2 aromatic heterocycles. The van der Waals surface area contributed by atoms with Crippen molar-refractivity contribution in [1.29, 1.82) is 0 Å². The Bertz CT molecular complexity index is 1130. The summed E-state index contributed by atoms with van der Waals surface area (Å²) in [5, 5.41) is 6.41. The Morgan fingerprint density at radius 3 is 2.53 bits per heavy atom. The molecule has 3 heterocycles. The molecule has 0 atom stereocenters. The summed E-state index contributed by atoms with van der Waals surface area (Å²) in [4.78, 5) is 7.00. The number of anilines is 4. The number of pyridine rings is 1. The molecular weight excluding hydrogens is 553 g/mol. The maximum absolute atomic E-state index is 4.89. The number of hydrogen-bond donors (Lipinski definition) is 0. The Hall–Kier alpha value is -3.17. The predicted molar refractivity (Wildman–Crippen MR) is 116 cm³/mol. The molecule has 1 aliphatic rings. The van der Waals surface area contributed by atoms with Crippen LogP contribution in [0.5, 0.6) is 0 Å². The second-order valence-corrected chi connectivity index (χ2v) is 6.66. The zero-order valence-electron chi connectivity index (χ0n) is 16.1. The molecule has 0 bridgehead atoms. The van der Waals surface area contributed by atoms with Gasteiger partial charge in [0.05, 0.1) is 5.82 Å². The molecule has 150 valence electrons. The van der Waals surface area contributed by atoms with E-state index < -0.39 is 0 Å². The van der Waals surface area contributed by atoms with Crippen molar-refractivity contribution < 1.29 is 21.1 Å². The molecule has 6 heteroatoms. The number of para-hydroxylation sites is 1. The molecule has 0 saturated carbocycles. The summed E-state index contributed by atoms with van der Waals surface area (Å²) in [6.07, 6.45) is 7.99. The number of nitrogens with zero attached hydrogens (tertiary/aromatic N) is 5. The van der Waals surface area contributed by atoms with Gasteiger partial charge < -0.3 is 9.47 Å².